The lowest BCUT2D eigenvalue weighted by atomic mass is 9.82. The lowest BCUT2D eigenvalue weighted by Gasteiger charge is -2.26. The third kappa shape index (κ3) is 10.1. The monoisotopic (exact) mass is 610 g/mol. The second-order valence-corrected chi connectivity index (χ2v) is 14.2. The number of carbonyl (C=O) groups is 2. The van der Waals surface area contributed by atoms with Gasteiger partial charge in [0.2, 0.25) is 0 Å². The number of amides is 1. The maximum absolute atomic E-state index is 13.8. The molecule has 232 valence electrons. The van der Waals surface area contributed by atoms with Crippen LogP contribution in [0.3, 0.4) is 0 Å². The van der Waals surface area contributed by atoms with Gasteiger partial charge in [-0.25, -0.2) is 23.2 Å². The van der Waals surface area contributed by atoms with E-state index in [1.165, 1.54) is 28.2 Å². The van der Waals surface area contributed by atoms with E-state index in [1.54, 1.807) is 45.0 Å². The van der Waals surface area contributed by atoms with Gasteiger partial charge >= 0.3 is 12.1 Å². The fourth-order valence-electron chi connectivity index (χ4n) is 4.72. The Kier molecular flexibility index (Phi) is 11.0. The predicted molar refractivity (Wildman–Crippen MR) is 165 cm³/mol. The van der Waals surface area contributed by atoms with Gasteiger partial charge < -0.3 is 9.84 Å². The van der Waals surface area contributed by atoms with Crippen LogP contribution in [0.1, 0.15) is 71.2 Å². The van der Waals surface area contributed by atoms with Crippen LogP contribution >= 0.6 is 0 Å². The Morgan fingerprint density at radius 1 is 0.907 bits per heavy atom. The number of anilines is 1. The van der Waals surface area contributed by atoms with Crippen molar-refractivity contribution in [2.24, 2.45) is 5.41 Å². The number of carbonyl (C=O) groups excluding carboxylic acids is 1. The summed E-state index contributed by atoms with van der Waals surface area (Å²) in [4.78, 5) is 33.9. The van der Waals surface area contributed by atoms with Crippen molar-refractivity contribution >= 4 is 27.9 Å². The molecule has 0 bridgehead atoms. The number of hydrogen-bond acceptors (Lipinski definition) is 7. The van der Waals surface area contributed by atoms with Gasteiger partial charge in [0.25, 0.3) is 10.0 Å². The maximum atomic E-state index is 13.8. The molecular weight excluding hydrogens is 568 g/mol. The normalized spacial score (nSPS) is 12.3. The van der Waals surface area contributed by atoms with Crippen LogP contribution in [-0.4, -0.2) is 52.0 Å². The first-order valence-electron chi connectivity index (χ1n) is 14.3. The van der Waals surface area contributed by atoms with Crippen LogP contribution in [0, 0.1) is 5.41 Å². The van der Waals surface area contributed by atoms with Gasteiger partial charge in [0.1, 0.15) is 18.0 Å². The lowest BCUT2D eigenvalue weighted by molar-refractivity contribution is -0.135. The van der Waals surface area contributed by atoms with E-state index in [0.717, 1.165) is 29.7 Å². The van der Waals surface area contributed by atoms with Gasteiger partial charge in [-0.1, -0.05) is 63.6 Å². The number of aromatic nitrogens is 2. The van der Waals surface area contributed by atoms with Crippen molar-refractivity contribution in [3.63, 3.8) is 0 Å². The van der Waals surface area contributed by atoms with E-state index in [0.29, 0.717) is 5.69 Å². The van der Waals surface area contributed by atoms with Crippen LogP contribution in [0.15, 0.2) is 71.9 Å². The number of sulfonamides is 1. The van der Waals surface area contributed by atoms with E-state index < -0.39 is 34.2 Å². The predicted octanol–water partition coefficient (Wildman–Crippen LogP) is 6.06. The summed E-state index contributed by atoms with van der Waals surface area (Å²) in [6, 6.07) is 17.3. The lowest BCUT2D eigenvalue weighted by Crippen LogP contribution is -2.40. The van der Waals surface area contributed by atoms with Crippen LogP contribution < -0.4 is 4.90 Å². The van der Waals surface area contributed by atoms with Crippen LogP contribution in [0.2, 0.25) is 0 Å². The fraction of sp³-hybridized carbons (Fsp3) is 0.438. The van der Waals surface area contributed by atoms with Gasteiger partial charge in [-0.15, -0.1) is 0 Å². The molecule has 0 aliphatic rings. The average molecular weight is 611 g/mol. The second kappa shape index (κ2) is 14.1. The molecule has 2 aromatic heterocycles. The van der Waals surface area contributed by atoms with Crippen LogP contribution in [-0.2, 0) is 39.1 Å². The summed E-state index contributed by atoms with van der Waals surface area (Å²) in [6.45, 7) is 10.9. The number of pyridine rings is 2. The van der Waals surface area contributed by atoms with Crippen molar-refractivity contribution in [3.8, 4) is 0 Å². The zero-order chi connectivity index (χ0) is 31.8. The second-order valence-electron chi connectivity index (χ2n) is 12.3. The molecule has 3 aromatic rings. The smallest absolute Gasteiger partial charge is 0.416 e. The molecule has 2 heterocycles. The first-order chi connectivity index (χ1) is 20.1. The SMILES string of the molecule is CCCC(C)(C)Cc1ccc(CN(Cc2cccc(N(CC(=O)O)C(=O)OC(C)(C)C)n2)S(=O)(=O)c2ccccn2)cc1. The molecule has 3 rings (SSSR count). The Bertz CT molecular complexity index is 1490. The van der Waals surface area contributed by atoms with Crippen molar-refractivity contribution in [1.29, 1.82) is 0 Å². The van der Waals surface area contributed by atoms with E-state index in [1.807, 2.05) is 24.3 Å². The van der Waals surface area contributed by atoms with E-state index in [2.05, 4.69) is 30.7 Å². The average Bonchev–Trinajstić information content (AvgIpc) is 2.91. The molecule has 43 heavy (non-hydrogen) atoms. The summed E-state index contributed by atoms with van der Waals surface area (Å²) in [5.74, 6) is -1.22. The van der Waals surface area contributed by atoms with Crippen molar-refractivity contribution in [2.45, 2.75) is 84.5 Å². The molecule has 11 heteroatoms. The molecule has 0 unspecified atom stereocenters. The molecule has 0 aliphatic heterocycles. The van der Waals surface area contributed by atoms with Gasteiger partial charge in [-0.05, 0) is 74.4 Å². The topological polar surface area (TPSA) is 130 Å². The summed E-state index contributed by atoms with van der Waals surface area (Å²) in [7, 11) is -4.05. The molecule has 10 nitrogen and oxygen atoms in total. The van der Waals surface area contributed by atoms with Gasteiger partial charge in [0, 0.05) is 12.7 Å². The highest BCUT2D eigenvalue weighted by Crippen LogP contribution is 2.28. The van der Waals surface area contributed by atoms with E-state index in [4.69, 9.17) is 4.74 Å². The molecule has 0 aliphatic carbocycles. The number of nitrogens with zero attached hydrogens (tertiary/aromatic N) is 4. The zero-order valence-electron chi connectivity index (χ0n) is 25.8. The number of ether oxygens (including phenoxy) is 1. The fourth-order valence-corrected chi connectivity index (χ4v) is 6.05. The maximum Gasteiger partial charge on any atom is 0.416 e. The molecule has 1 amide bonds. The highest BCUT2D eigenvalue weighted by Gasteiger charge is 2.29. The number of hydrogen-bond donors (Lipinski definition) is 1. The van der Waals surface area contributed by atoms with E-state index in [9.17, 15) is 23.1 Å². The van der Waals surface area contributed by atoms with Crippen molar-refractivity contribution in [3.05, 3.63) is 83.7 Å². The molecule has 0 spiro atoms. The third-order valence-corrected chi connectivity index (χ3v) is 8.26. The summed E-state index contributed by atoms with van der Waals surface area (Å²) in [5.41, 5.74) is 1.58. The molecular formula is C32H42N4O6S. The Balaban J connectivity index is 1.94. The first-order valence-corrected chi connectivity index (χ1v) is 15.7. The Labute approximate surface area is 254 Å². The molecule has 1 aromatic carbocycles. The molecule has 0 atom stereocenters. The van der Waals surface area contributed by atoms with Gasteiger partial charge in [0.15, 0.2) is 5.03 Å². The van der Waals surface area contributed by atoms with Crippen molar-refractivity contribution < 1.29 is 27.9 Å². The van der Waals surface area contributed by atoms with Crippen molar-refractivity contribution in [1.82, 2.24) is 14.3 Å². The first kappa shape index (κ1) is 33.7. The Morgan fingerprint density at radius 2 is 1.58 bits per heavy atom. The molecule has 0 fully saturated rings. The number of aliphatic carboxylic acids is 1. The zero-order valence-corrected chi connectivity index (χ0v) is 26.6. The molecule has 0 saturated heterocycles. The summed E-state index contributed by atoms with van der Waals surface area (Å²) in [5, 5.41) is 9.33. The number of rotatable bonds is 13. The van der Waals surface area contributed by atoms with Crippen molar-refractivity contribution in [2.75, 3.05) is 11.4 Å². The minimum absolute atomic E-state index is 0.0309. The summed E-state index contributed by atoms with van der Waals surface area (Å²) in [6.07, 6.45) is 3.67. The molecule has 0 saturated carbocycles. The minimum atomic E-state index is -4.05. The standard InChI is InChI=1S/C32H42N4O6S/c1-7-18-32(5,6)20-24-14-16-25(17-15-24)21-35(43(40,41)28-13-8-9-19-33-28)22-26-11-10-12-27(34-26)36(23-29(37)38)30(39)42-31(2,3)4/h8-17,19H,7,18,20-23H2,1-6H3,(H,37,38). The number of benzene rings is 1. The summed E-state index contributed by atoms with van der Waals surface area (Å²) >= 11 is 0. The van der Waals surface area contributed by atoms with Crippen LogP contribution in [0.4, 0.5) is 10.6 Å². The minimum Gasteiger partial charge on any atom is -0.480 e. The third-order valence-electron chi connectivity index (χ3n) is 6.55. The van der Waals surface area contributed by atoms with Crippen LogP contribution in [0.25, 0.3) is 0 Å². The Hall–Kier alpha value is -3.83. The van der Waals surface area contributed by atoms with E-state index >= 15 is 0 Å². The van der Waals surface area contributed by atoms with Crippen LogP contribution in [0.5, 0.6) is 0 Å². The summed E-state index contributed by atoms with van der Waals surface area (Å²) < 4.78 is 34.2. The molecule has 1 N–H and O–H groups in total. The number of carboxylic acid groups (broad SMARTS) is 1. The van der Waals surface area contributed by atoms with Gasteiger partial charge in [-0.2, -0.15) is 4.31 Å². The largest absolute Gasteiger partial charge is 0.480 e. The quantitative estimate of drug-likeness (QED) is 0.247. The number of carboxylic acids is 1. The highest BCUT2D eigenvalue weighted by atomic mass is 32.2. The molecule has 0 radical (unpaired) electrons. The Morgan fingerprint density at radius 3 is 2.16 bits per heavy atom. The highest BCUT2D eigenvalue weighted by molar-refractivity contribution is 7.89. The van der Waals surface area contributed by atoms with E-state index in [-0.39, 0.29) is 29.3 Å². The van der Waals surface area contributed by atoms with Gasteiger partial charge in [0.05, 0.1) is 12.2 Å². The van der Waals surface area contributed by atoms with Gasteiger partial charge in [-0.3, -0.25) is 9.69 Å².